The normalized spacial score (nSPS) is 11.1. The van der Waals surface area contributed by atoms with Gasteiger partial charge in [-0.3, -0.25) is 4.68 Å². The Kier molecular flexibility index (Phi) is 3.76. The molecule has 0 atom stereocenters. The first-order valence-corrected chi connectivity index (χ1v) is 6.12. The van der Waals surface area contributed by atoms with Crippen LogP contribution in [0.4, 0.5) is 5.82 Å². The third-order valence-corrected chi connectivity index (χ3v) is 2.77. The third kappa shape index (κ3) is 2.28. The first-order valence-electron chi connectivity index (χ1n) is 6.12. The first kappa shape index (κ1) is 12.8. The van der Waals surface area contributed by atoms with Crippen LogP contribution in [0.5, 0.6) is 0 Å². The molecule has 0 saturated heterocycles. The van der Waals surface area contributed by atoms with Gasteiger partial charge in [-0.15, -0.1) is 0 Å². The quantitative estimate of drug-likeness (QED) is 0.814. The van der Waals surface area contributed by atoms with Crippen LogP contribution in [0.2, 0.25) is 0 Å². The van der Waals surface area contributed by atoms with E-state index in [9.17, 15) is 0 Å². The van der Waals surface area contributed by atoms with Crippen molar-refractivity contribution in [1.29, 1.82) is 0 Å². The Morgan fingerprint density at radius 2 is 2.06 bits per heavy atom. The van der Waals surface area contributed by atoms with E-state index < -0.39 is 0 Å². The van der Waals surface area contributed by atoms with Crippen molar-refractivity contribution in [3.63, 3.8) is 0 Å². The summed E-state index contributed by atoms with van der Waals surface area (Å²) < 4.78 is 6.97. The Balaban J connectivity index is 2.48. The highest BCUT2D eigenvalue weighted by atomic mass is 16.5. The molecule has 0 spiro atoms. The lowest BCUT2D eigenvalue weighted by molar-refractivity contribution is 0.210. The second kappa shape index (κ2) is 5.30. The number of nitrogens with zero attached hydrogens (tertiary/aromatic N) is 4. The van der Waals surface area contributed by atoms with Crippen LogP contribution in [0.25, 0.3) is 11.0 Å². The number of hydrogen-bond acceptors (Lipinski definition) is 5. The van der Waals surface area contributed by atoms with Crippen molar-refractivity contribution < 1.29 is 4.74 Å². The summed E-state index contributed by atoms with van der Waals surface area (Å²) in [7, 11) is 1.68. The second-order valence-electron chi connectivity index (χ2n) is 4.14. The van der Waals surface area contributed by atoms with Crippen LogP contribution in [0.3, 0.4) is 0 Å². The van der Waals surface area contributed by atoms with Crippen molar-refractivity contribution in [3.8, 4) is 0 Å². The molecule has 0 aliphatic carbocycles. The Labute approximate surface area is 106 Å². The molecule has 0 aromatic carbocycles. The van der Waals surface area contributed by atoms with E-state index >= 15 is 0 Å². The monoisotopic (exact) mass is 249 g/mol. The summed E-state index contributed by atoms with van der Waals surface area (Å²) in [5.41, 5.74) is 2.83. The van der Waals surface area contributed by atoms with Crippen LogP contribution in [-0.4, -0.2) is 40.0 Å². The maximum absolute atomic E-state index is 5.04. The molecule has 98 valence electrons. The molecule has 0 radical (unpaired) electrons. The zero-order chi connectivity index (χ0) is 13.1. The Morgan fingerprint density at radius 3 is 2.72 bits per heavy atom. The largest absolute Gasteiger partial charge is 0.383 e. The SMILES string of the molecule is CCn1nc(C)c2nc(C)nc(NCCOC)c21. The van der Waals surface area contributed by atoms with E-state index in [1.54, 1.807) is 7.11 Å². The van der Waals surface area contributed by atoms with Gasteiger partial charge in [0, 0.05) is 20.2 Å². The molecule has 0 fully saturated rings. The van der Waals surface area contributed by atoms with Crippen molar-refractivity contribution in [1.82, 2.24) is 19.7 Å². The van der Waals surface area contributed by atoms with Gasteiger partial charge in [0.2, 0.25) is 0 Å². The minimum atomic E-state index is 0.643. The highest BCUT2D eigenvalue weighted by Gasteiger charge is 2.14. The molecule has 6 heteroatoms. The molecule has 2 aromatic heterocycles. The van der Waals surface area contributed by atoms with Crippen LogP contribution >= 0.6 is 0 Å². The lowest BCUT2D eigenvalue weighted by atomic mass is 10.3. The Bertz CT molecular complexity index is 549. The molecular formula is C12H19N5O. The molecule has 0 aliphatic heterocycles. The summed E-state index contributed by atoms with van der Waals surface area (Å²) in [4.78, 5) is 8.92. The number of hydrogen-bond donors (Lipinski definition) is 1. The van der Waals surface area contributed by atoms with Crippen molar-refractivity contribution in [2.24, 2.45) is 0 Å². The summed E-state index contributed by atoms with van der Waals surface area (Å²) in [6, 6.07) is 0. The van der Waals surface area contributed by atoms with Crippen LogP contribution in [-0.2, 0) is 11.3 Å². The van der Waals surface area contributed by atoms with Gasteiger partial charge in [-0.1, -0.05) is 0 Å². The van der Waals surface area contributed by atoms with Crippen LogP contribution in [0.1, 0.15) is 18.4 Å². The number of aromatic nitrogens is 4. The molecule has 6 nitrogen and oxygen atoms in total. The molecule has 2 aromatic rings. The van der Waals surface area contributed by atoms with Gasteiger partial charge >= 0.3 is 0 Å². The number of rotatable bonds is 5. The predicted molar refractivity (Wildman–Crippen MR) is 70.8 cm³/mol. The molecule has 0 saturated carbocycles. The zero-order valence-corrected chi connectivity index (χ0v) is 11.3. The van der Waals surface area contributed by atoms with E-state index in [-0.39, 0.29) is 0 Å². The molecule has 1 N–H and O–H groups in total. The van der Waals surface area contributed by atoms with Gasteiger partial charge in [0.05, 0.1) is 12.3 Å². The zero-order valence-electron chi connectivity index (χ0n) is 11.3. The Morgan fingerprint density at radius 1 is 1.28 bits per heavy atom. The van der Waals surface area contributed by atoms with E-state index in [2.05, 4.69) is 27.3 Å². The average molecular weight is 249 g/mol. The lowest BCUT2D eigenvalue weighted by Gasteiger charge is -2.08. The summed E-state index contributed by atoms with van der Waals surface area (Å²) in [6.45, 7) is 8.09. The fraction of sp³-hybridized carbons (Fsp3) is 0.583. The van der Waals surface area contributed by atoms with E-state index in [4.69, 9.17) is 4.74 Å². The average Bonchev–Trinajstić information content (AvgIpc) is 2.66. The van der Waals surface area contributed by atoms with Gasteiger partial charge in [-0.05, 0) is 20.8 Å². The van der Waals surface area contributed by atoms with E-state index in [0.717, 1.165) is 41.5 Å². The second-order valence-corrected chi connectivity index (χ2v) is 4.14. The van der Waals surface area contributed by atoms with Gasteiger partial charge in [-0.2, -0.15) is 5.10 Å². The molecular weight excluding hydrogens is 230 g/mol. The Hall–Kier alpha value is -1.69. The van der Waals surface area contributed by atoms with Gasteiger partial charge in [-0.25, -0.2) is 9.97 Å². The first-order chi connectivity index (χ1) is 8.67. The number of methoxy groups -OCH3 is 1. The number of aryl methyl sites for hydroxylation is 3. The molecule has 0 unspecified atom stereocenters. The third-order valence-electron chi connectivity index (χ3n) is 2.77. The molecule has 0 aliphatic rings. The number of ether oxygens (including phenoxy) is 1. The van der Waals surface area contributed by atoms with E-state index in [1.807, 2.05) is 18.5 Å². The minimum Gasteiger partial charge on any atom is -0.383 e. The molecule has 18 heavy (non-hydrogen) atoms. The lowest BCUT2D eigenvalue weighted by Crippen LogP contribution is -2.11. The summed E-state index contributed by atoms with van der Waals surface area (Å²) in [6.07, 6.45) is 0. The smallest absolute Gasteiger partial charge is 0.156 e. The molecule has 0 bridgehead atoms. The highest BCUT2D eigenvalue weighted by molar-refractivity contribution is 5.87. The summed E-state index contributed by atoms with van der Waals surface area (Å²) in [5, 5.41) is 7.76. The van der Waals surface area contributed by atoms with Gasteiger partial charge in [0.15, 0.2) is 5.82 Å². The highest BCUT2D eigenvalue weighted by Crippen LogP contribution is 2.22. The van der Waals surface area contributed by atoms with Crippen molar-refractivity contribution >= 4 is 16.9 Å². The van der Waals surface area contributed by atoms with Crippen molar-refractivity contribution in [2.45, 2.75) is 27.3 Å². The van der Waals surface area contributed by atoms with Crippen LogP contribution in [0, 0.1) is 13.8 Å². The van der Waals surface area contributed by atoms with Gasteiger partial charge in [0.25, 0.3) is 0 Å². The van der Waals surface area contributed by atoms with Crippen LogP contribution in [0.15, 0.2) is 0 Å². The fourth-order valence-electron chi connectivity index (χ4n) is 1.97. The number of fused-ring (bicyclic) bond motifs is 1. The van der Waals surface area contributed by atoms with E-state index in [1.165, 1.54) is 0 Å². The molecule has 0 amide bonds. The van der Waals surface area contributed by atoms with Crippen molar-refractivity contribution in [3.05, 3.63) is 11.5 Å². The fourth-order valence-corrected chi connectivity index (χ4v) is 1.97. The summed E-state index contributed by atoms with van der Waals surface area (Å²) in [5.74, 6) is 1.58. The minimum absolute atomic E-state index is 0.643. The topological polar surface area (TPSA) is 64.9 Å². The maximum atomic E-state index is 5.04. The van der Waals surface area contributed by atoms with Gasteiger partial charge in [0.1, 0.15) is 16.9 Å². The van der Waals surface area contributed by atoms with Crippen LogP contribution < -0.4 is 5.32 Å². The predicted octanol–water partition coefficient (Wildman–Crippen LogP) is 1.52. The summed E-state index contributed by atoms with van der Waals surface area (Å²) >= 11 is 0. The molecule has 2 heterocycles. The van der Waals surface area contributed by atoms with Crippen molar-refractivity contribution in [2.75, 3.05) is 25.6 Å². The van der Waals surface area contributed by atoms with Gasteiger partial charge < -0.3 is 10.1 Å². The maximum Gasteiger partial charge on any atom is 0.156 e. The number of nitrogens with one attached hydrogen (secondary N) is 1. The standard InChI is InChI=1S/C12H19N5O/c1-5-17-11-10(8(2)16-17)14-9(3)15-12(11)13-6-7-18-4/h5-7H2,1-4H3,(H,13,14,15). The number of anilines is 1. The van der Waals surface area contributed by atoms with E-state index in [0.29, 0.717) is 6.61 Å². The molecule has 2 rings (SSSR count).